The van der Waals surface area contributed by atoms with E-state index in [1.165, 1.54) is 6.07 Å². The third-order valence-electron chi connectivity index (χ3n) is 3.10. The van der Waals surface area contributed by atoms with Crippen LogP contribution in [0, 0.1) is 19.7 Å². The maximum atomic E-state index is 14.3. The molecule has 20 heavy (non-hydrogen) atoms. The number of hydrogen-bond donors (Lipinski definition) is 1. The van der Waals surface area contributed by atoms with Crippen molar-refractivity contribution >= 4 is 0 Å². The van der Waals surface area contributed by atoms with Crippen molar-refractivity contribution in [2.75, 3.05) is 0 Å². The van der Waals surface area contributed by atoms with Gasteiger partial charge in [0.1, 0.15) is 11.5 Å². The fourth-order valence-corrected chi connectivity index (χ4v) is 2.16. The topological polar surface area (TPSA) is 29.9 Å². The van der Waals surface area contributed by atoms with Crippen molar-refractivity contribution < 1.29 is 4.39 Å². The zero-order chi connectivity index (χ0) is 14.9. The van der Waals surface area contributed by atoms with Gasteiger partial charge in [-0.3, -0.25) is 0 Å². The minimum absolute atomic E-state index is 0.0152. The molecule has 4 heteroatoms. The van der Waals surface area contributed by atoms with Crippen molar-refractivity contribution in [2.24, 2.45) is 0 Å². The highest BCUT2D eigenvalue weighted by molar-refractivity contribution is 5.43. The fraction of sp³-hybridized carbons (Fsp3) is 0.438. The summed E-state index contributed by atoms with van der Waals surface area (Å²) in [5.41, 5.74) is 3.25. The summed E-state index contributed by atoms with van der Waals surface area (Å²) in [6, 6.07) is 7.11. The first-order chi connectivity index (χ1) is 9.28. The second-order valence-corrected chi connectivity index (χ2v) is 6.19. The third-order valence-corrected chi connectivity index (χ3v) is 3.10. The number of nitrogens with one attached hydrogen (secondary N) is 1. The molecule has 0 atom stereocenters. The highest BCUT2D eigenvalue weighted by Gasteiger charge is 2.16. The SMILES string of the molecule is Cc1cc(C)n(-c2c(F)cccc2CNC(C)(C)C)n1. The van der Waals surface area contributed by atoms with E-state index in [9.17, 15) is 4.39 Å². The fourth-order valence-electron chi connectivity index (χ4n) is 2.16. The molecule has 1 N–H and O–H groups in total. The molecule has 0 radical (unpaired) electrons. The standard InChI is InChI=1S/C16H22FN3/c1-11-9-12(2)20(19-11)15-13(7-6-8-14(15)17)10-18-16(3,4)5/h6-9,18H,10H2,1-5H3. The molecule has 108 valence electrons. The molecular weight excluding hydrogens is 253 g/mol. The zero-order valence-electron chi connectivity index (χ0n) is 12.8. The Labute approximate surface area is 119 Å². The van der Waals surface area contributed by atoms with Crippen molar-refractivity contribution in [3.63, 3.8) is 0 Å². The van der Waals surface area contributed by atoms with Crippen LogP contribution < -0.4 is 5.32 Å². The number of halogens is 1. The molecule has 0 bridgehead atoms. The van der Waals surface area contributed by atoms with Gasteiger partial charge in [-0.1, -0.05) is 12.1 Å². The second kappa shape index (κ2) is 5.37. The van der Waals surface area contributed by atoms with Crippen LogP contribution in [-0.4, -0.2) is 15.3 Å². The van der Waals surface area contributed by atoms with Gasteiger partial charge in [-0.25, -0.2) is 9.07 Å². The van der Waals surface area contributed by atoms with Crippen molar-refractivity contribution in [1.82, 2.24) is 15.1 Å². The summed E-state index contributed by atoms with van der Waals surface area (Å²) in [5, 5.41) is 7.79. The van der Waals surface area contributed by atoms with Crippen LogP contribution in [0.5, 0.6) is 0 Å². The zero-order valence-corrected chi connectivity index (χ0v) is 12.8. The van der Waals surface area contributed by atoms with Gasteiger partial charge in [-0.2, -0.15) is 5.10 Å². The largest absolute Gasteiger partial charge is 0.308 e. The minimum atomic E-state index is -0.246. The number of rotatable bonds is 3. The van der Waals surface area contributed by atoms with E-state index < -0.39 is 0 Å². The van der Waals surface area contributed by atoms with Gasteiger partial charge in [0.05, 0.1) is 5.69 Å². The lowest BCUT2D eigenvalue weighted by Crippen LogP contribution is -2.35. The predicted molar refractivity (Wildman–Crippen MR) is 79.6 cm³/mol. The van der Waals surface area contributed by atoms with Gasteiger partial charge in [0.15, 0.2) is 0 Å². The van der Waals surface area contributed by atoms with Gasteiger partial charge in [0, 0.05) is 17.8 Å². The van der Waals surface area contributed by atoms with Gasteiger partial charge >= 0.3 is 0 Å². The summed E-state index contributed by atoms with van der Waals surface area (Å²) >= 11 is 0. The third kappa shape index (κ3) is 3.25. The number of hydrogen-bond acceptors (Lipinski definition) is 2. The minimum Gasteiger partial charge on any atom is -0.308 e. The van der Waals surface area contributed by atoms with Crippen LogP contribution in [0.3, 0.4) is 0 Å². The van der Waals surface area contributed by atoms with Gasteiger partial charge in [0.2, 0.25) is 0 Å². The molecule has 0 saturated heterocycles. The average Bonchev–Trinajstić information content (AvgIpc) is 2.64. The number of aromatic nitrogens is 2. The quantitative estimate of drug-likeness (QED) is 0.929. The predicted octanol–water partition coefficient (Wildman–Crippen LogP) is 3.52. The smallest absolute Gasteiger partial charge is 0.149 e. The lowest BCUT2D eigenvalue weighted by Gasteiger charge is -2.22. The number of benzene rings is 1. The van der Waals surface area contributed by atoms with Gasteiger partial charge in [-0.05, 0) is 52.3 Å². The normalized spacial score (nSPS) is 11.9. The summed E-state index contributed by atoms with van der Waals surface area (Å²) < 4.78 is 15.9. The first-order valence-corrected chi connectivity index (χ1v) is 6.84. The Morgan fingerprint density at radius 2 is 1.95 bits per heavy atom. The van der Waals surface area contributed by atoms with E-state index in [-0.39, 0.29) is 11.4 Å². The van der Waals surface area contributed by atoms with Crippen LogP contribution in [0.2, 0.25) is 0 Å². The van der Waals surface area contributed by atoms with Crippen LogP contribution >= 0.6 is 0 Å². The Morgan fingerprint density at radius 1 is 1.25 bits per heavy atom. The molecule has 3 nitrogen and oxygen atoms in total. The Hall–Kier alpha value is -1.68. The van der Waals surface area contributed by atoms with E-state index in [0.29, 0.717) is 12.2 Å². The summed E-state index contributed by atoms with van der Waals surface area (Å²) in [7, 11) is 0. The van der Waals surface area contributed by atoms with Crippen LogP contribution in [-0.2, 0) is 6.54 Å². The molecule has 0 aliphatic rings. The number of para-hydroxylation sites is 1. The molecule has 0 unspecified atom stereocenters. The summed E-state index contributed by atoms with van der Waals surface area (Å²) in [6.07, 6.45) is 0. The van der Waals surface area contributed by atoms with Crippen LogP contribution in [0.25, 0.3) is 5.69 Å². The Morgan fingerprint density at radius 3 is 2.50 bits per heavy atom. The molecule has 0 aliphatic heterocycles. The maximum absolute atomic E-state index is 14.3. The molecule has 0 fully saturated rings. The van der Waals surface area contributed by atoms with E-state index in [1.54, 1.807) is 10.7 Å². The Balaban J connectivity index is 2.44. The van der Waals surface area contributed by atoms with Crippen molar-refractivity contribution in [3.05, 3.63) is 47.0 Å². The molecule has 0 amide bonds. The van der Waals surface area contributed by atoms with Crippen LogP contribution in [0.1, 0.15) is 37.7 Å². The van der Waals surface area contributed by atoms with Crippen LogP contribution in [0.15, 0.2) is 24.3 Å². The summed E-state index contributed by atoms with van der Waals surface area (Å²) in [6.45, 7) is 10.7. The Bertz CT molecular complexity index is 609. The maximum Gasteiger partial charge on any atom is 0.149 e. The highest BCUT2D eigenvalue weighted by atomic mass is 19.1. The van der Waals surface area contributed by atoms with E-state index >= 15 is 0 Å². The molecule has 1 aromatic carbocycles. The molecule has 1 heterocycles. The first-order valence-electron chi connectivity index (χ1n) is 6.84. The monoisotopic (exact) mass is 275 g/mol. The van der Waals surface area contributed by atoms with E-state index in [1.807, 2.05) is 26.0 Å². The summed E-state index contributed by atoms with van der Waals surface area (Å²) in [4.78, 5) is 0. The molecule has 0 spiro atoms. The second-order valence-electron chi connectivity index (χ2n) is 6.19. The molecule has 0 aliphatic carbocycles. The van der Waals surface area contributed by atoms with E-state index in [4.69, 9.17) is 0 Å². The van der Waals surface area contributed by atoms with Gasteiger partial charge in [0.25, 0.3) is 0 Å². The van der Waals surface area contributed by atoms with Crippen molar-refractivity contribution in [3.8, 4) is 5.69 Å². The molecular formula is C16H22FN3. The van der Waals surface area contributed by atoms with E-state index in [0.717, 1.165) is 17.0 Å². The lowest BCUT2D eigenvalue weighted by molar-refractivity contribution is 0.423. The number of aryl methyl sites for hydroxylation is 2. The Kier molecular flexibility index (Phi) is 3.95. The van der Waals surface area contributed by atoms with Gasteiger partial charge in [-0.15, -0.1) is 0 Å². The average molecular weight is 275 g/mol. The molecule has 2 aromatic rings. The van der Waals surface area contributed by atoms with Gasteiger partial charge < -0.3 is 5.32 Å². The summed E-state index contributed by atoms with van der Waals surface area (Å²) in [5.74, 6) is -0.246. The molecule has 2 rings (SSSR count). The van der Waals surface area contributed by atoms with E-state index in [2.05, 4.69) is 31.2 Å². The lowest BCUT2D eigenvalue weighted by atomic mass is 10.1. The molecule has 1 aromatic heterocycles. The highest BCUT2D eigenvalue weighted by Crippen LogP contribution is 2.21. The van der Waals surface area contributed by atoms with Crippen LogP contribution in [0.4, 0.5) is 4.39 Å². The first kappa shape index (κ1) is 14.7. The number of nitrogens with zero attached hydrogens (tertiary/aromatic N) is 2. The van der Waals surface area contributed by atoms with Crippen molar-refractivity contribution in [1.29, 1.82) is 0 Å². The molecule has 0 saturated carbocycles. The van der Waals surface area contributed by atoms with Crippen molar-refractivity contribution in [2.45, 2.75) is 46.7 Å².